The number of amides is 1. The highest BCUT2D eigenvalue weighted by Crippen LogP contribution is 2.52. The van der Waals surface area contributed by atoms with Crippen LogP contribution in [0.2, 0.25) is 0 Å². The Morgan fingerprint density at radius 1 is 1.08 bits per heavy atom. The number of unbranched alkanes of at least 4 members (excludes halogenated alkanes) is 3. The van der Waals surface area contributed by atoms with Crippen LogP contribution in [-0.4, -0.2) is 79.2 Å². The molecule has 1 rings (SSSR count). The van der Waals surface area contributed by atoms with Crippen LogP contribution in [0.4, 0.5) is 0 Å². The molecule has 1 heterocycles. The third kappa shape index (κ3) is 6.31. The molecule has 1 amide bonds. The highest BCUT2D eigenvalue weighted by molar-refractivity contribution is 7.53. The monoisotopic (exact) mass is 391 g/mol. The fraction of sp³-hybridized carbons (Fsp3) is 0.944. The number of nitrogens with zero attached hydrogens (tertiary/aromatic N) is 3. The highest BCUT2D eigenvalue weighted by atomic mass is 31.2. The van der Waals surface area contributed by atoms with Crippen molar-refractivity contribution < 1.29 is 18.6 Å². The third-order valence-corrected chi connectivity index (χ3v) is 7.33. The van der Waals surface area contributed by atoms with Gasteiger partial charge < -0.3 is 14.2 Å². The molecule has 7 nitrogen and oxygen atoms in total. The molecule has 0 aromatic rings. The summed E-state index contributed by atoms with van der Waals surface area (Å²) >= 11 is 0. The first-order valence-electron chi connectivity index (χ1n) is 9.80. The van der Waals surface area contributed by atoms with Crippen molar-refractivity contribution in [2.45, 2.75) is 59.0 Å². The van der Waals surface area contributed by atoms with Gasteiger partial charge in [-0.15, -0.1) is 0 Å². The van der Waals surface area contributed by atoms with E-state index in [0.29, 0.717) is 39.4 Å². The van der Waals surface area contributed by atoms with E-state index in [9.17, 15) is 9.36 Å². The Bertz CT molecular complexity index is 477. The normalized spacial score (nSPS) is 19.0. The predicted octanol–water partition coefficient (Wildman–Crippen LogP) is 3.21. The summed E-state index contributed by atoms with van der Waals surface area (Å²) in [7, 11) is 0.560. The zero-order valence-electron chi connectivity index (χ0n) is 17.5. The van der Waals surface area contributed by atoms with Gasteiger partial charge in [0.15, 0.2) is 0 Å². The number of hydrogen-bond donors (Lipinski definition) is 0. The van der Waals surface area contributed by atoms with Gasteiger partial charge in [-0.05, 0) is 41.3 Å². The lowest BCUT2D eigenvalue weighted by Crippen LogP contribution is -2.54. The van der Waals surface area contributed by atoms with Gasteiger partial charge in [-0.3, -0.25) is 9.36 Å². The lowest BCUT2D eigenvalue weighted by Gasteiger charge is -2.42. The van der Waals surface area contributed by atoms with Gasteiger partial charge in [0.25, 0.3) is 5.91 Å². The van der Waals surface area contributed by atoms with Gasteiger partial charge in [-0.25, -0.2) is 9.34 Å². The summed E-state index contributed by atoms with van der Waals surface area (Å²) in [6, 6.07) is 0. The molecule has 0 aromatic heterocycles. The molecule has 8 heteroatoms. The van der Waals surface area contributed by atoms with Crippen molar-refractivity contribution in [1.82, 2.24) is 14.2 Å². The van der Waals surface area contributed by atoms with Crippen LogP contribution >= 0.6 is 7.67 Å². The second kappa shape index (κ2) is 10.8. The average molecular weight is 391 g/mol. The molecule has 0 spiro atoms. The van der Waals surface area contributed by atoms with Crippen molar-refractivity contribution in [2.75, 3.05) is 53.5 Å². The SMILES string of the molecule is CCCCCCOP(=O)(N(C)C)N1CCN(C(=O)C(C)(C)OCC)CC1. The lowest BCUT2D eigenvalue weighted by molar-refractivity contribution is -0.155. The van der Waals surface area contributed by atoms with Gasteiger partial charge in [0.05, 0.1) is 6.61 Å². The number of piperazine rings is 1. The number of hydrogen-bond acceptors (Lipinski definition) is 4. The fourth-order valence-electron chi connectivity index (χ4n) is 3.12. The van der Waals surface area contributed by atoms with Crippen LogP contribution in [0.1, 0.15) is 53.4 Å². The van der Waals surface area contributed by atoms with E-state index >= 15 is 0 Å². The molecule has 26 heavy (non-hydrogen) atoms. The minimum absolute atomic E-state index is 0.0147. The Kier molecular flexibility index (Phi) is 9.76. The molecular weight excluding hydrogens is 353 g/mol. The summed E-state index contributed by atoms with van der Waals surface area (Å²) in [4.78, 5) is 14.4. The van der Waals surface area contributed by atoms with Crippen LogP contribution in [0, 0.1) is 0 Å². The zero-order chi connectivity index (χ0) is 19.8. The van der Waals surface area contributed by atoms with E-state index < -0.39 is 13.3 Å². The smallest absolute Gasteiger partial charge is 0.345 e. The first-order valence-corrected chi connectivity index (χ1v) is 11.3. The van der Waals surface area contributed by atoms with Crippen molar-refractivity contribution in [3.05, 3.63) is 0 Å². The molecule has 1 unspecified atom stereocenters. The van der Waals surface area contributed by atoms with Crippen LogP contribution in [0.5, 0.6) is 0 Å². The van der Waals surface area contributed by atoms with Gasteiger partial charge in [-0.1, -0.05) is 26.2 Å². The molecule has 1 saturated heterocycles. The first-order chi connectivity index (χ1) is 12.2. The maximum Gasteiger partial charge on any atom is 0.345 e. The Morgan fingerprint density at radius 2 is 1.69 bits per heavy atom. The Balaban J connectivity index is 2.61. The van der Waals surface area contributed by atoms with E-state index in [-0.39, 0.29) is 5.91 Å². The standard InChI is InChI=1S/C18H38N3O4P/c1-7-9-10-11-16-25-26(23,19(5)6)21-14-12-20(13-15-21)17(22)18(3,4)24-8-2/h7-16H2,1-6H3. The van der Waals surface area contributed by atoms with Crippen LogP contribution in [0.15, 0.2) is 0 Å². The number of carbonyl (C=O) groups excluding carboxylic acids is 1. The van der Waals surface area contributed by atoms with E-state index in [1.54, 1.807) is 37.5 Å². The summed E-state index contributed by atoms with van der Waals surface area (Å²) in [6.07, 6.45) is 4.36. The summed E-state index contributed by atoms with van der Waals surface area (Å²) in [5.41, 5.74) is -0.821. The number of ether oxygens (including phenoxy) is 1. The van der Waals surface area contributed by atoms with E-state index in [0.717, 1.165) is 12.8 Å². The van der Waals surface area contributed by atoms with E-state index in [2.05, 4.69) is 6.92 Å². The van der Waals surface area contributed by atoms with Crippen LogP contribution in [0.3, 0.4) is 0 Å². The van der Waals surface area contributed by atoms with E-state index in [4.69, 9.17) is 9.26 Å². The van der Waals surface area contributed by atoms with E-state index in [1.165, 1.54) is 12.8 Å². The summed E-state index contributed by atoms with van der Waals surface area (Å²) in [5.74, 6) is -0.0147. The zero-order valence-corrected chi connectivity index (χ0v) is 18.4. The molecule has 1 atom stereocenters. The van der Waals surface area contributed by atoms with Gasteiger partial charge in [0.2, 0.25) is 0 Å². The van der Waals surface area contributed by atoms with Gasteiger partial charge >= 0.3 is 7.67 Å². The molecule has 0 saturated carbocycles. The number of rotatable bonds is 11. The van der Waals surface area contributed by atoms with Crippen LogP contribution in [0.25, 0.3) is 0 Å². The van der Waals surface area contributed by atoms with Gasteiger partial charge in [0, 0.05) is 32.8 Å². The average Bonchev–Trinajstić information content (AvgIpc) is 2.60. The Labute approximate surface area is 159 Å². The molecule has 0 bridgehead atoms. The molecule has 154 valence electrons. The molecule has 0 aromatic carbocycles. The third-order valence-electron chi connectivity index (χ3n) is 4.68. The maximum atomic E-state index is 13.4. The number of carbonyl (C=O) groups is 1. The fourth-order valence-corrected chi connectivity index (χ4v) is 5.07. The minimum Gasteiger partial charge on any atom is -0.366 e. The Morgan fingerprint density at radius 3 is 2.19 bits per heavy atom. The molecule has 0 radical (unpaired) electrons. The summed E-state index contributed by atoms with van der Waals surface area (Å²) in [6.45, 7) is 10.8. The molecule has 1 aliphatic heterocycles. The topological polar surface area (TPSA) is 62.3 Å². The quantitative estimate of drug-likeness (QED) is 0.398. The summed E-state index contributed by atoms with van der Waals surface area (Å²) < 4.78 is 28.4. The molecule has 0 N–H and O–H groups in total. The predicted molar refractivity (Wildman–Crippen MR) is 105 cm³/mol. The minimum atomic E-state index is -3.03. The molecular formula is C18H38N3O4P. The van der Waals surface area contributed by atoms with Crippen molar-refractivity contribution >= 4 is 13.6 Å². The Hall–Kier alpha value is -0.460. The van der Waals surface area contributed by atoms with Gasteiger partial charge in [0.1, 0.15) is 5.60 Å². The largest absolute Gasteiger partial charge is 0.366 e. The maximum absolute atomic E-state index is 13.4. The molecule has 0 aliphatic carbocycles. The van der Waals surface area contributed by atoms with Crippen LogP contribution < -0.4 is 0 Å². The van der Waals surface area contributed by atoms with Crippen molar-refractivity contribution in [3.8, 4) is 0 Å². The van der Waals surface area contributed by atoms with Crippen LogP contribution in [-0.2, 0) is 18.6 Å². The first kappa shape index (κ1) is 23.6. The van der Waals surface area contributed by atoms with Crippen molar-refractivity contribution in [3.63, 3.8) is 0 Å². The highest BCUT2D eigenvalue weighted by Gasteiger charge is 2.40. The van der Waals surface area contributed by atoms with E-state index in [1.807, 2.05) is 11.6 Å². The lowest BCUT2D eigenvalue weighted by atomic mass is 10.1. The molecule has 1 fully saturated rings. The second-order valence-electron chi connectivity index (χ2n) is 7.42. The van der Waals surface area contributed by atoms with Crippen molar-refractivity contribution in [1.29, 1.82) is 0 Å². The second-order valence-corrected chi connectivity index (χ2v) is 10.0. The van der Waals surface area contributed by atoms with Gasteiger partial charge in [-0.2, -0.15) is 0 Å². The molecule has 1 aliphatic rings. The summed E-state index contributed by atoms with van der Waals surface area (Å²) in [5, 5.41) is 0. The van der Waals surface area contributed by atoms with Crippen molar-refractivity contribution in [2.24, 2.45) is 0 Å².